The number of likely N-dealkylation sites (tertiary alicyclic amines) is 1. The fourth-order valence-corrected chi connectivity index (χ4v) is 7.23. The van der Waals surface area contributed by atoms with Crippen molar-refractivity contribution in [2.24, 2.45) is 0 Å². The van der Waals surface area contributed by atoms with E-state index in [0.717, 1.165) is 24.6 Å². The second-order valence-electron chi connectivity index (χ2n) is 12.2. The minimum absolute atomic E-state index is 0.263. The summed E-state index contributed by atoms with van der Waals surface area (Å²) in [6.07, 6.45) is 8.70. The number of fused-ring (bicyclic) bond motifs is 1. The molecular weight excluding hydrogens is 595 g/mol. The lowest BCUT2D eigenvalue weighted by Gasteiger charge is -2.44. The minimum Gasteiger partial charge on any atom is -0.355 e. The highest BCUT2D eigenvalue weighted by atomic mass is 35.5. The standard InChI is InChI=1S/C33H42Cl2N8O/c1-36-32(44)27-4-3-5-28(34)30(27)39-31-29(35)21-37-33(40-31)38-24-9-6-22-7-10-25(11-8-23(22)20-24)42-14-12-26(13-15-42)43-18-16-41(2)17-19-43/h3-6,9,20-21,25-26H,7-8,10-19H2,1-2H3,(H,36,44)(H2,37,38,39,40). The van der Waals surface area contributed by atoms with Crippen LogP contribution in [-0.2, 0) is 12.8 Å². The van der Waals surface area contributed by atoms with Gasteiger partial charge in [0.25, 0.3) is 5.91 Å². The molecule has 3 heterocycles. The second-order valence-corrected chi connectivity index (χ2v) is 13.0. The summed E-state index contributed by atoms with van der Waals surface area (Å²) in [6.45, 7) is 7.26. The number of likely N-dealkylation sites (N-methyl/N-ethyl adjacent to an activating group) is 1. The molecule has 1 atom stereocenters. The van der Waals surface area contributed by atoms with Gasteiger partial charge in [-0.3, -0.25) is 9.69 Å². The van der Waals surface area contributed by atoms with Crippen LogP contribution in [-0.4, -0.2) is 96.0 Å². The maximum absolute atomic E-state index is 12.4. The molecule has 234 valence electrons. The first-order valence-corrected chi connectivity index (χ1v) is 16.5. The highest BCUT2D eigenvalue weighted by Gasteiger charge is 2.30. The van der Waals surface area contributed by atoms with Gasteiger partial charge in [0.2, 0.25) is 5.95 Å². The number of amides is 1. The summed E-state index contributed by atoms with van der Waals surface area (Å²) in [5.74, 6) is 0.498. The monoisotopic (exact) mass is 636 g/mol. The number of aryl methyl sites for hydroxylation is 2. The van der Waals surface area contributed by atoms with Gasteiger partial charge >= 0.3 is 0 Å². The number of nitrogens with zero attached hydrogens (tertiary/aromatic N) is 5. The average Bonchev–Trinajstić information content (AvgIpc) is 3.26. The average molecular weight is 638 g/mol. The molecule has 2 aliphatic heterocycles. The van der Waals surface area contributed by atoms with Crippen molar-refractivity contribution < 1.29 is 4.79 Å². The van der Waals surface area contributed by atoms with Crippen molar-refractivity contribution in [3.8, 4) is 0 Å². The quantitative estimate of drug-likeness (QED) is 0.289. The Labute approximate surface area is 270 Å². The molecule has 11 heteroatoms. The maximum atomic E-state index is 12.4. The van der Waals surface area contributed by atoms with Crippen LogP contribution in [0.4, 0.5) is 23.1 Å². The molecule has 1 aromatic heterocycles. The zero-order valence-electron chi connectivity index (χ0n) is 25.6. The van der Waals surface area contributed by atoms with Crippen molar-refractivity contribution in [1.82, 2.24) is 30.0 Å². The van der Waals surface area contributed by atoms with Gasteiger partial charge in [0.1, 0.15) is 5.02 Å². The summed E-state index contributed by atoms with van der Waals surface area (Å²) in [4.78, 5) is 29.4. The lowest BCUT2D eigenvalue weighted by atomic mass is 9.98. The molecule has 1 aliphatic carbocycles. The summed E-state index contributed by atoms with van der Waals surface area (Å²) in [7, 11) is 3.81. The van der Waals surface area contributed by atoms with E-state index in [1.54, 1.807) is 25.2 Å². The SMILES string of the molecule is CNC(=O)c1cccc(Cl)c1Nc1nc(Nc2ccc3c(c2)CCC(N2CCC(N4CCN(C)CC4)CC2)CC3)ncc1Cl. The molecule has 1 amide bonds. The van der Waals surface area contributed by atoms with Gasteiger partial charge in [-0.15, -0.1) is 0 Å². The molecular formula is C33H42Cl2N8O. The normalized spacial score (nSPS) is 20.5. The second kappa shape index (κ2) is 14.0. The van der Waals surface area contributed by atoms with Crippen molar-refractivity contribution >= 4 is 52.3 Å². The van der Waals surface area contributed by atoms with Crippen LogP contribution >= 0.6 is 23.2 Å². The summed E-state index contributed by atoms with van der Waals surface area (Å²) in [5, 5.41) is 9.84. The Morgan fingerprint density at radius 2 is 1.55 bits per heavy atom. The molecule has 2 saturated heterocycles. The Morgan fingerprint density at radius 1 is 0.841 bits per heavy atom. The summed E-state index contributed by atoms with van der Waals surface area (Å²) < 4.78 is 0. The van der Waals surface area contributed by atoms with Crippen molar-refractivity contribution in [3.63, 3.8) is 0 Å². The van der Waals surface area contributed by atoms with Crippen molar-refractivity contribution in [2.45, 2.75) is 50.6 Å². The zero-order valence-corrected chi connectivity index (χ0v) is 27.1. The van der Waals surface area contributed by atoms with Crippen LogP contribution in [0.15, 0.2) is 42.6 Å². The van der Waals surface area contributed by atoms with E-state index < -0.39 is 0 Å². The maximum Gasteiger partial charge on any atom is 0.253 e. The number of aromatic nitrogens is 2. The summed E-state index contributed by atoms with van der Waals surface area (Å²) in [6, 6.07) is 13.1. The number of rotatable bonds is 7. The van der Waals surface area contributed by atoms with E-state index in [4.69, 9.17) is 23.2 Å². The van der Waals surface area contributed by atoms with Crippen molar-refractivity contribution in [2.75, 3.05) is 64.0 Å². The number of hydrogen-bond acceptors (Lipinski definition) is 8. The third-order valence-electron chi connectivity index (χ3n) is 9.50. The van der Waals surface area contributed by atoms with Crippen LogP contribution in [0.25, 0.3) is 0 Å². The molecule has 0 radical (unpaired) electrons. The molecule has 3 aromatic rings. The smallest absolute Gasteiger partial charge is 0.253 e. The largest absolute Gasteiger partial charge is 0.355 e. The number of nitrogens with one attached hydrogen (secondary N) is 3. The van der Waals surface area contributed by atoms with Crippen LogP contribution in [0.2, 0.25) is 10.0 Å². The van der Waals surface area contributed by atoms with E-state index in [9.17, 15) is 4.79 Å². The molecule has 3 aliphatic rings. The molecule has 3 N–H and O–H groups in total. The Balaban J connectivity index is 1.08. The van der Waals surface area contributed by atoms with Crippen LogP contribution in [0, 0.1) is 0 Å². The Kier molecular flexibility index (Phi) is 9.88. The molecule has 6 rings (SSSR count). The van der Waals surface area contributed by atoms with Gasteiger partial charge in [-0.25, -0.2) is 4.98 Å². The fraction of sp³-hybridized carbons (Fsp3) is 0.485. The number of anilines is 4. The topological polar surface area (TPSA) is 88.7 Å². The van der Waals surface area contributed by atoms with Crippen LogP contribution in [0.3, 0.4) is 0 Å². The van der Waals surface area contributed by atoms with E-state index in [0.29, 0.717) is 39.1 Å². The number of carbonyl (C=O) groups excluding carboxylic acids is 1. The Morgan fingerprint density at radius 3 is 2.30 bits per heavy atom. The van der Waals surface area contributed by atoms with Gasteiger partial charge in [-0.2, -0.15) is 4.98 Å². The molecule has 2 aromatic carbocycles. The third kappa shape index (κ3) is 7.13. The van der Waals surface area contributed by atoms with Crippen LogP contribution < -0.4 is 16.0 Å². The number of para-hydroxylation sites is 1. The molecule has 0 bridgehead atoms. The predicted octanol–water partition coefficient (Wildman–Crippen LogP) is 5.59. The first-order chi connectivity index (χ1) is 21.4. The van der Waals surface area contributed by atoms with Gasteiger partial charge < -0.3 is 25.8 Å². The van der Waals surface area contributed by atoms with E-state index in [2.05, 4.69) is 65.9 Å². The first-order valence-electron chi connectivity index (χ1n) is 15.7. The highest BCUT2D eigenvalue weighted by molar-refractivity contribution is 6.35. The zero-order chi connectivity index (χ0) is 30.6. The minimum atomic E-state index is -0.263. The van der Waals surface area contributed by atoms with E-state index in [-0.39, 0.29) is 5.91 Å². The Hall–Kier alpha value is -2.95. The molecule has 1 unspecified atom stereocenters. The molecule has 44 heavy (non-hydrogen) atoms. The van der Waals surface area contributed by atoms with Crippen molar-refractivity contribution in [3.05, 3.63) is 69.3 Å². The Bertz CT molecular complexity index is 1470. The fourth-order valence-electron chi connectivity index (χ4n) is 6.87. The molecule has 0 spiro atoms. The number of hydrogen-bond donors (Lipinski definition) is 3. The van der Waals surface area contributed by atoms with E-state index in [1.165, 1.54) is 82.3 Å². The molecule has 0 saturated carbocycles. The first kappa shape index (κ1) is 31.0. The number of carbonyl (C=O) groups is 1. The van der Waals surface area contributed by atoms with Gasteiger partial charge in [-0.05, 0) is 94.1 Å². The van der Waals surface area contributed by atoms with Gasteiger partial charge in [-0.1, -0.05) is 35.3 Å². The lowest BCUT2D eigenvalue weighted by molar-refractivity contribution is 0.0514. The van der Waals surface area contributed by atoms with Crippen LogP contribution in [0.5, 0.6) is 0 Å². The lowest BCUT2D eigenvalue weighted by Crippen LogP contribution is -2.53. The highest BCUT2D eigenvalue weighted by Crippen LogP contribution is 2.33. The van der Waals surface area contributed by atoms with Gasteiger partial charge in [0.05, 0.1) is 22.5 Å². The number of piperazine rings is 1. The van der Waals surface area contributed by atoms with E-state index in [1.807, 2.05) is 0 Å². The molecule has 2 fully saturated rings. The molecule has 9 nitrogen and oxygen atoms in total. The third-order valence-corrected chi connectivity index (χ3v) is 10.1. The summed E-state index contributed by atoms with van der Waals surface area (Å²) in [5.41, 5.74) is 4.59. The number of halogens is 2. The van der Waals surface area contributed by atoms with Gasteiger partial charge in [0, 0.05) is 51.0 Å². The van der Waals surface area contributed by atoms with E-state index >= 15 is 0 Å². The van der Waals surface area contributed by atoms with Crippen molar-refractivity contribution in [1.29, 1.82) is 0 Å². The van der Waals surface area contributed by atoms with Gasteiger partial charge in [0.15, 0.2) is 5.82 Å². The number of piperidine rings is 1. The predicted molar refractivity (Wildman–Crippen MR) is 179 cm³/mol. The van der Waals surface area contributed by atoms with Crippen LogP contribution in [0.1, 0.15) is 47.2 Å². The summed E-state index contributed by atoms with van der Waals surface area (Å²) >= 11 is 12.9. The number of benzene rings is 2.